The van der Waals surface area contributed by atoms with Gasteiger partial charge in [-0.3, -0.25) is 0 Å². The maximum absolute atomic E-state index is 6.05. The minimum atomic E-state index is -0.513. The monoisotopic (exact) mass is 248 g/mol. The second-order valence-corrected chi connectivity index (χ2v) is 6.25. The Kier molecular flexibility index (Phi) is 8.35. The quantitative estimate of drug-likeness (QED) is 0.481. The largest absolute Gasteiger partial charge is 0.538 e. The number of aryl methyl sites for hydroxylation is 1. The average Bonchev–Trinajstić information content (AvgIpc) is 2.34. The molecule has 1 aromatic carbocycles. The van der Waals surface area contributed by atoms with E-state index < -0.39 is 19.3 Å². The van der Waals surface area contributed by atoms with E-state index in [1.807, 2.05) is 0 Å². The molecule has 0 unspecified atom stereocenters. The summed E-state index contributed by atoms with van der Waals surface area (Å²) >= 11 is -0.513. The van der Waals surface area contributed by atoms with E-state index in [-0.39, 0.29) is 0 Å². The molecule has 0 aliphatic heterocycles. The number of hydrogen-bond acceptors (Lipinski definition) is 0. The first-order valence-corrected chi connectivity index (χ1v) is 9.35. The van der Waals surface area contributed by atoms with Crippen molar-refractivity contribution in [3.05, 3.63) is 29.8 Å². The van der Waals surface area contributed by atoms with E-state index >= 15 is 0 Å². The second kappa shape index (κ2) is 9.32. The predicted molar refractivity (Wildman–Crippen MR) is 74.8 cm³/mol. The van der Waals surface area contributed by atoms with Crippen LogP contribution >= 0.6 is 9.07 Å². The third-order valence-corrected chi connectivity index (χ3v) is 4.90. The van der Waals surface area contributed by atoms with Crippen LogP contribution in [0.2, 0.25) is 0 Å². The van der Waals surface area contributed by atoms with Gasteiger partial charge in [0.15, 0.2) is 0 Å². The standard InChI is InChI=1S/C14H21.ClH.Mg/c1-2-3-4-5-6-8-11-14-12-9-7-10-13-14;;/h7,9-10,12H,2-6,8,11H2,1H3;1H;/q;;+1/p-1. The molecule has 1 rings (SSSR count). The number of halogens is 1. The molecule has 0 fully saturated rings. The van der Waals surface area contributed by atoms with Crippen LogP contribution in [0.15, 0.2) is 24.3 Å². The molecule has 0 atom stereocenters. The first-order chi connectivity index (χ1) is 7.88. The zero-order valence-corrected chi connectivity index (χ0v) is 12.5. The molecule has 0 heterocycles. The van der Waals surface area contributed by atoms with Gasteiger partial charge in [0.25, 0.3) is 0 Å². The van der Waals surface area contributed by atoms with Gasteiger partial charge in [-0.05, 0) is 12.8 Å². The van der Waals surface area contributed by atoms with Crippen LogP contribution in [0.4, 0.5) is 0 Å². The highest BCUT2D eigenvalue weighted by Gasteiger charge is 2.02. The molecule has 0 N–H and O–H groups in total. The van der Waals surface area contributed by atoms with Crippen LogP contribution in [-0.4, -0.2) is 19.3 Å². The minimum Gasteiger partial charge on any atom is -0.336 e. The Morgan fingerprint density at radius 3 is 2.44 bits per heavy atom. The van der Waals surface area contributed by atoms with Crippen molar-refractivity contribution in [3.8, 4) is 0 Å². The van der Waals surface area contributed by atoms with Crippen molar-refractivity contribution < 1.29 is 0 Å². The van der Waals surface area contributed by atoms with Crippen molar-refractivity contribution >= 4 is 32.0 Å². The van der Waals surface area contributed by atoms with E-state index in [0.29, 0.717) is 0 Å². The lowest BCUT2D eigenvalue weighted by atomic mass is 10.0. The maximum Gasteiger partial charge on any atom is 0.538 e. The molecule has 2 heteroatoms. The normalized spacial score (nSPS) is 10.1. The van der Waals surface area contributed by atoms with Crippen LogP contribution in [0.25, 0.3) is 0 Å². The SMILES string of the molecule is CCCCCCCCc1cccc[c]1[Mg][Cl]. The molecule has 0 radical (unpaired) electrons. The van der Waals surface area contributed by atoms with E-state index in [0.717, 1.165) is 0 Å². The van der Waals surface area contributed by atoms with Crippen molar-refractivity contribution in [3.63, 3.8) is 0 Å². The summed E-state index contributed by atoms with van der Waals surface area (Å²) in [6, 6.07) is 8.69. The number of unbranched alkanes of at least 4 members (excludes halogenated alkanes) is 5. The minimum absolute atomic E-state index is 0.513. The van der Waals surface area contributed by atoms with Crippen molar-refractivity contribution in [1.82, 2.24) is 0 Å². The Hall–Kier alpha value is 0.276. The molecule has 0 aromatic heterocycles. The van der Waals surface area contributed by atoms with E-state index in [1.54, 1.807) is 0 Å². The van der Waals surface area contributed by atoms with Gasteiger partial charge in [0.05, 0.1) is 0 Å². The van der Waals surface area contributed by atoms with Crippen LogP contribution in [0.3, 0.4) is 0 Å². The van der Waals surface area contributed by atoms with Crippen LogP contribution in [0.5, 0.6) is 0 Å². The zero-order valence-electron chi connectivity index (χ0n) is 10.3. The summed E-state index contributed by atoms with van der Waals surface area (Å²) in [5.41, 5.74) is 1.50. The molecule has 0 bridgehead atoms. The van der Waals surface area contributed by atoms with E-state index in [1.165, 1.54) is 54.2 Å². The topological polar surface area (TPSA) is 0 Å². The third kappa shape index (κ3) is 5.56. The molecular formula is C14H21ClMg. The molecule has 0 amide bonds. The summed E-state index contributed by atoms with van der Waals surface area (Å²) in [5, 5.41) is 0. The van der Waals surface area contributed by atoms with Gasteiger partial charge >= 0.3 is 19.3 Å². The average molecular weight is 249 g/mol. The van der Waals surface area contributed by atoms with Crippen molar-refractivity contribution in [1.29, 1.82) is 0 Å². The van der Waals surface area contributed by atoms with Gasteiger partial charge in [0, 0.05) is 0 Å². The van der Waals surface area contributed by atoms with Gasteiger partial charge in [-0.15, -0.1) is 3.69 Å². The lowest BCUT2D eigenvalue weighted by Gasteiger charge is -2.07. The van der Waals surface area contributed by atoms with Crippen LogP contribution in [-0.2, 0) is 6.42 Å². The lowest BCUT2D eigenvalue weighted by Crippen LogP contribution is -2.14. The Bertz CT molecular complexity index is 286. The van der Waals surface area contributed by atoms with Gasteiger partial charge in [0.2, 0.25) is 0 Å². The molecule has 0 aliphatic rings. The van der Waals surface area contributed by atoms with Crippen LogP contribution < -0.4 is 3.69 Å². The Labute approximate surface area is 113 Å². The molecule has 0 aliphatic carbocycles. The van der Waals surface area contributed by atoms with Gasteiger partial charge in [-0.25, -0.2) is 0 Å². The maximum atomic E-state index is 6.05. The highest BCUT2D eigenvalue weighted by molar-refractivity contribution is 7.01. The van der Waals surface area contributed by atoms with E-state index in [2.05, 4.69) is 31.2 Å². The molecule has 0 spiro atoms. The summed E-state index contributed by atoms with van der Waals surface area (Å²) in [5.74, 6) is 0. The number of rotatable bonds is 8. The molecular weight excluding hydrogens is 228 g/mol. The second-order valence-electron chi connectivity index (χ2n) is 4.42. The first-order valence-electron chi connectivity index (χ1n) is 6.51. The Balaban J connectivity index is 2.21. The summed E-state index contributed by atoms with van der Waals surface area (Å²) in [6.07, 6.45) is 9.45. The van der Waals surface area contributed by atoms with Gasteiger partial charge in [0.1, 0.15) is 0 Å². The summed E-state index contributed by atoms with van der Waals surface area (Å²) in [6.45, 7) is 2.27. The van der Waals surface area contributed by atoms with Crippen LogP contribution in [0.1, 0.15) is 51.0 Å². The molecule has 0 saturated carbocycles. The smallest absolute Gasteiger partial charge is 0.336 e. The van der Waals surface area contributed by atoms with Gasteiger partial charge < -0.3 is 9.07 Å². The fraction of sp³-hybridized carbons (Fsp3) is 0.571. The van der Waals surface area contributed by atoms with Gasteiger partial charge in [-0.2, -0.15) is 0 Å². The zero-order chi connectivity index (χ0) is 11.6. The number of benzene rings is 1. The third-order valence-electron chi connectivity index (χ3n) is 3.06. The fourth-order valence-electron chi connectivity index (χ4n) is 2.03. The molecule has 0 saturated heterocycles. The van der Waals surface area contributed by atoms with Crippen molar-refractivity contribution in [2.75, 3.05) is 0 Å². The predicted octanol–water partition coefficient (Wildman–Crippen LogP) is 4.07. The molecule has 1 aromatic rings. The van der Waals surface area contributed by atoms with Crippen molar-refractivity contribution in [2.45, 2.75) is 51.9 Å². The molecule has 0 nitrogen and oxygen atoms in total. The van der Waals surface area contributed by atoms with Crippen molar-refractivity contribution in [2.24, 2.45) is 0 Å². The Morgan fingerprint density at radius 1 is 1.00 bits per heavy atom. The fourth-order valence-corrected chi connectivity index (χ4v) is 3.50. The molecule has 86 valence electrons. The molecule has 16 heavy (non-hydrogen) atoms. The van der Waals surface area contributed by atoms with E-state index in [9.17, 15) is 0 Å². The highest BCUT2D eigenvalue weighted by Crippen LogP contribution is 2.08. The van der Waals surface area contributed by atoms with Crippen LogP contribution in [0, 0.1) is 0 Å². The first kappa shape index (κ1) is 14.3. The Morgan fingerprint density at radius 2 is 1.69 bits per heavy atom. The summed E-state index contributed by atoms with van der Waals surface area (Å²) in [4.78, 5) is 0. The summed E-state index contributed by atoms with van der Waals surface area (Å²) in [7, 11) is 6.05. The number of hydrogen-bond donors (Lipinski definition) is 0. The summed E-state index contributed by atoms with van der Waals surface area (Å²) < 4.78 is 1.44. The van der Waals surface area contributed by atoms with E-state index in [4.69, 9.17) is 9.07 Å². The lowest BCUT2D eigenvalue weighted by molar-refractivity contribution is 0.608. The van der Waals surface area contributed by atoms with Gasteiger partial charge in [-0.1, -0.05) is 68.9 Å². The highest BCUT2D eigenvalue weighted by atomic mass is 35.5.